The number of ether oxygens (including phenoxy) is 2. The smallest absolute Gasteiger partial charge is 0.148 e. The molecule has 0 fully saturated rings. The summed E-state index contributed by atoms with van der Waals surface area (Å²) < 4.78 is 13.1. The molecule has 0 aliphatic rings. The van der Waals surface area contributed by atoms with E-state index < -0.39 is 0 Å². The van der Waals surface area contributed by atoms with Crippen molar-refractivity contribution in [3.8, 4) is 17.6 Å². The summed E-state index contributed by atoms with van der Waals surface area (Å²) in [6.07, 6.45) is 0. The Kier molecular flexibility index (Phi) is 4.44. The van der Waals surface area contributed by atoms with Gasteiger partial charge in [-0.05, 0) is 43.3 Å². The Labute approximate surface area is 134 Å². The van der Waals surface area contributed by atoms with Crippen molar-refractivity contribution >= 4 is 11.0 Å². The number of benzene rings is 2. The van der Waals surface area contributed by atoms with Gasteiger partial charge in [0.25, 0.3) is 0 Å². The van der Waals surface area contributed by atoms with E-state index in [0.29, 0.717) is 13.2 Å². The summed E-state index contributed by atoms with van der Waals surface area (Å²) in [6, 6.07) is 17.4. The monoisotopic (exact) mass is 307 g/mol. The van der Waals surface area contributed by atoms with E-state index in [1.807, 2.05) is 60.0 Å². The summed E-state index contributed by atoms with van der Waals surface area (Å²) >= 11 is 0. The van der Waals surface area contributed by atoms with Gasteiger partial charge in [0.2, 0.25) is 0 Å². The molecule has 0 amide bonds. The Balaban J connectivity index is 1.78. The average molecular weight is 307 g/mol. The van der Waals surface area contributed by atoms with Crippen LogP contribution in [-0.4, -0.2) is 16.2 Å². The first kappa shape index (κ1) is 14.9. The molecule has 0 saturated heterocycles. The summed E-state index contributed by atoms with van der Waals surface area (Å²) in [7, 11) is 0. The van der Waals surface area contributed by atoms with Crippen molar-refractivity contribution in [2.24, 2.45) is 0 Å². The SMILES string of the molecule is CCOc1ccc(OCc2nc3ccccc3n2CC#N)cc1. The second-order valence-corrected chi connectivity index (χ2v) is 4.95. The summed E-state index contributed by atoms with van der Waals surface area (Å²) in [5.41, 5.74) is 1.81. The zero-order chi connectivity index (χ0) is 16.1. The second kappa shape index (κ2) is 6.84. The highest BCUT2D eigenvalue weighted by Crippen LogP contribution is 2.20. The second-order valence-electron chi connectivity index (χ2n) is 4.95. The molecule has 23 heavy (non-hydrogen) atoms. The first-order valence-electron chi connectivity index (χ1n) is 7.48. The molecule has 0 saturated carbocycles. The maximum Gasteiger partial charge on any atom is 0.148 e. The maximum absolute atomic E-state index is 9.03. The minimum atomic E-state index is 0.252. The van der Waals surface area contributed by atoms with E-state index in [2.05, 4.69) is 11.1 Å². The van der Waals surface area contributed by atoms with E-state index >= 15 is 0 Å². The number of hydrogen-bond donors (Lipinski definition) is 0. The van der Waals surface area contributed by atoms with Crippen LogP contribution < -0.4 is 9.47 Å². The zero-order valence-corrected chi connectivity index (χ0v) is 12.9. The highest BCUT2D eigenvalue weighted by atomic mass is 16.5. The Bertz CT molecular complexity index is 832. The van der Waals surface area contributed by atoms with E-state index in [-0.39, 0.29) is 6.54 Å². The minimum absolute atomic E-state index is 0.252. The molecule has 1 aromatic heterocycles. The fourth-order valence-electron chi connectivity index (χ4n) is 2.43. The predicted molar refractivity (Wildman–Crippen MR) is 87.3 cm³/mol. The highest BCUT2D eigenvalue weighted by molar-refractivity contribution is 5.75. The molecular formula is C18H17N3O2. The molecule has 0 atom stereocenters. The lowest BCUT2D eigenvalue weighted by atomic mass is 10.3. The quantitative estimate of drug-likeness (QED) is 0.699. The van der Waals surface area contributed by atoms with Crippen LogP contribution >= 0.6 is 0 Å². The van der Waals surface area contributed by atoms with Gasteiger partial charge in [0.1, 0.15) is 30.5 Å². The standard InChI is InChI=1S/C18H17N3O2/c1-2-22-14-7-9-15(10-8-14)23-13-18-20-16-5-3-4-6-17(16)21(18)12-11-19/h3-10H,2,12-13H2,1H3. The van der Waals surface area contributed by atoms with Gasteiger partial charge < -0.3 is 14.0 Å². The number of hydrogen-bond acceptors (Lipinski definition) is 4. The van der Waals surface area contributed by atoms with Gasteiger partial charge in [-0.15, -0.1) is 0 Å². The highest BCUT2D eigenvalue weighted by Gasteiger charge is 2.10. The van der Waals surface area contributed by atoms with Crippen LogP contribution in [0.2, 0.25) is 0 Å². The van der Waals surface area contributed by atoms with Crippen LogP contribution in [0.25, 0.3) is 11.0 Å². The molecule has 0 aliphatic heterocycles. The Hall–Kier alpha value is -3.00. The molecule has 0 bridgehead atoms. The van der Waals surface area contributed by atoms with Crippen molar-refractivity contribution in [1.29, 1.82) is 5.26 Å². The fourth-order valence-corrected chi connectivity index (χ4v) is 2.43. The zero-order valence-electron chi connectivity index (χ0n) is 12.9. The normalized spacial score (nSPS) is 10.4. The predicted octanol–water partition coefficient (Wildman–Crippen LogP) is 3.54. The van der Waals surface area contributed by atoms with Crippen LogP contribution in [0.15, 0.2) is 48.5 Å². The fraction of sp³-hybridized carbons (Fsp3) is 0.222. The van der Waals surface area contributed by atoms with Crippen molar-refractivity contribution in [3.05, 3.63) is 54.4 Å². The number of para-hydroxylation sites is 2. The van der Waals surface area contributed by atoms with Crippen molar-refractivity contribution in [2.45, 2.75) is 20.1 Å². The molecule has 116 valence electrons. The van der Waals surface area contributed by atoms with Crippen molar-refractivity contribution in [1.82, 2.24) is 9.55 Å². The Morgan fingerprint density at radius 1 is 1.04 bits per heavy atom. The van der Waals surface area contributed by atoms with Crippen LogP contribution in [0.1, 0.15) is 12.7 Å². The van der Waals surface area contributed by atoms with E-state index in [1.165, 1.54) is 0 Å². The van der Waals surface area contributed by atoms with E-state index in [4.69, 9.17) is 14.7 Å². The van der Waals surface area contributed by atoms with Gasteiger partial charge in [0.15, 0.2) is 0 Å². The maximum atomic E-state index is 9.03. The number of imidazole rings is 1. The number of aromatic nitrogens is 2. The number of nitriles is 1. The third-order valence-electron chi connectivity index (χ3n) is 3.47. The van der Waals surface area contributed by atoms with Crippen LogP contribution in [0.5, 0.6) is 11.5 Å². The average Bonchev–Trinajstić information content (AvgIpc) is 2.93. The molecule has 1 heterocycles. The summed E-state index contributed by atoms with van der Waals surface area (Å²) in [5.74, 6) is 2.29. The molecule has 2 aromatic carbocycles. The summed E-state index contributed by atoms with van der Waals surface area (Å²) in [5, 5.41) is 9.03. The third-order valence-corrected chi connectivity index (χ3v) is 3.47. The first-order chi connectivity index (χ1) is 11.3. The number of nitrogens with zero attached hydrogens (tertiary/aromatic N) is 3. The summed E-state index contributed by atoms with van der Waals surface area (Å²) in [6.45, 7) is 3.15. The van der Waals surface area contributed by atoms with E-state index in [1.54, 1.807) is 0 Å². The van der Waals surface area contributed by atoms with Crippen LogP contribution in [0, 0.1) is 11.3 Å². The molecule has 0 unspecified atom stereocenters. The van der Waals surface area contributed by atoms with E-state index in [0.717, 1.165) is 28.4 Å². The van der Waals surface area contributed by atoms with Gasteiger partial charge in [0, 0.05) is 0 Å². The van der Waals surface area contributed by atoms with E-state index in [9.17, 15) is 0 Å². The molecule has 3 rings (SSSR count). The van der Waals surface area contributed by atoms with Crippen LogP contribution in [-0.2, 0) is 13.2 Å². The van der Waals surface area contributed by atoms with Crippen LogP contribution in [0.3, 0.4) is 0 Å². The lowest BCUT2D eigenvalue weighted by Crippen LogP contribution is -2.06. The topological polar surface area (TPSA) is 60.1 Å². The van der Waals surface area contributed by atoms with Gasteiger partial charge in [0.05, 0.1) is 23.7 Å². The molecule has 3 aromatic rings. The molecule has 0 aliphatic carbocycles. The molecular weight excluding hydrogens is 290 g/mol. The molecule has 0 radical (unpaired) electrons. The van der Waals surface area contributed by atoms with Crippen molar-refractivity contribution in [2.75, 3.05) is 6.61 Å². The lowest BCUT2D eigenvalue weighted by Gasteiger charge is -2.08. The minimum Gasteiger partial charge on any atom is -0.494 e. The van der Waals surface area contributed by atoms with Gasteiger partial charge in [-0.3, -0.25) is 0 Å². The van der Waals surface area contributed by atoms with Gasteiger partial charge in [-0.1, -0.05) is 12.1 Å². The molecule has 0 spiro atoms. The lowest BCUT2D eigenvalue weighted by molar-refractivity contribution is 0.290. The first-order valence-corrected chi connectivity index (χ1v) is 7.48. The largest absolute Gasteiger partial charge is 0.494 e. The third kappa shape index (κ3) is 3.27. The Morgan fingerprint density at radius 2 is 1.74 bits per heavy atom. The number of fused-ring (bicyclic) bond motifs is 1. The van der Waals surface area contributed by atoms with Gasteiger partial charge in [-0.25, -0.2) is 4.98 Å². The number of rotatable bonds is 6. The van der Waals surface area contributed by atoms with Gasteiger partial charge >= 0.3 is 0 Å². The van der Waals surface area contributed by atoms with Crippen molar-refractivity contribution < 1.29 is 9.47 Å². The summed E-state index contributed by atoms with van der Waals surface area (Å²) in [4.78, 5) is 4.56. The van der Waals surface area contributed by atoms with Crippen molar-refractivity contribution in [3.63, 3.8) is 0 Å². The molecule has 5 nitrogen and oxygen atoms in total. The molecule has 0 N–H and O–H groups in total. The van der Waals surface area contributed by atoms with Gasteiger partial charge in [-0.2, -0.15) is 5.26 Å². The van der Waals surface area contributed by atoms with Crippen LogP contribution in [0.4, 0.5) is 0 Å². The Morgan fingerprint density at radius 3 is 2.43 bits per heavy atom. The molecule has 5 heteroatoms.